The summed E-state index contributed by atoms with van der Waals surface area (Å²) in [5, 5.41) is 6.62. The number of aryl methyl sites for hydroxylation is 1. The SMILES string of the molecule is Cn1nccc1CNc1ncc(Br)cc1C(F)(F)F. The quantitative estimate of drug-likeness (QED) is 0.937. The number of alkyl halides is 3. The van der Waals surface area contributed by atoms with Gasteiger partial charge in [0.25, 0.3) is 0 Å². The Morgan fingerprint density at radius 2 is 2.16 bits per heavy atom. The zero-order valence-corrected chi connectivity index (χ0v) is 11.5. The molecule has 102 valence electrons. The molecule has 8 heteroatoms. The molecule has 0 aliphatic heterocycles. The maximum atomic E-state index is 12.9. The number of hydrogen-bond donors (Lipinski definition) is 1. The minimum absolute atomic E-state index is 0.197. The van der Waals surface area contributed by atoms with Gasteiger partial charge in [-0.05, 0) is 28.1 Å². The van der Waals surface area contributed by atoms with Crippen molar-refractivity contribution in [1.29, 1.82) is 0 Å². The third-order valence-electron chi connectivity index (χ3n) is 2.52. The van der Waals surface area contributed by atoms with Crippen LogP contribution in [0.25, 0.3) is 0 Å². The number of anilines is 1. The molecule has 2 aromatic rings. The highest BCUT2D eigenvalue weighted by Gasteiger charge is 2.34. The van der Waals surface area contributed by atoms with Gasteiger partial charge in [0.15, 0.2) is 0 Å². The van der Waals surface area contributed by atoms with E-state index in [-0.39, 0.29) is 16.8 Å². The van der Waals surface area contributed by atoms with E-state index in [0.717, 1.165) is 11.8 Å². The van der Waals surface area contributed by atoms with Gasteiger partial charge in [-0.3, -0.25) is 4.68 Å². The van der Waals surface area contributed by atoms with Crippen LogP contribution in [0.4, 0.5) is 19.0 Å². The molecule has 0 aromatic carbocycles. The van der Waals surface area contributed by atoms with Crippen molar-refractivity contribution in [2.45, 2.75) is 12.7 Å². The van der Waals surface area contributed by atoms with Gasteiger partial charge in [0.1, 0.15) is 5.82 Å². The molecular weight excluding hydrogens is 325 g/mol. The number of pyridine rings is 1. The fourth-order valence-corrected chi connectivity index (χ4v) is 1.88. The molecule has 0 bridgehead atoms. The molecular formula is C11H10BrF3N4. The predicted molar refractivity (Wildman–Crippen MR) is 67.5 cm³/mol. The molecule has 0 aliphatic carbocycles. The highest BCUT2D eigenvalue weighted by atomic mass is 79.9. The number of nitrogens with one attached hydrogen (secondary N) is 1. The van der Waals surface area contributed by atoms with Crippen LogP contribution in [0.3, 0.4) is 0 Å². The Morgan fingerprint density at radius 1 is 1.42 bits per heavy atom. The lowest BCUT2D eigenvalue weighted by molar-refractivity contribution is -0.137. The molecule has 0 saturated carbocycles. The molecule has 0 radical (unpaired) electrons. The van der Waals surface area contributed by atoms with E-state index in [4.69, 9.17) is 0 Å². The first-order valence-electron chi connectivity index (χ1n) is 5.31. The first kappa shape index (κ1) is 13.9. The van der Waals surface area contributed by atoms with Crippen molar-refractivity contribution in [3.05, 3.63) is 40.3 Å². The van der Waals surface area contributed by atoms with Gasteiger partial charge in [0.2, 0.25) is 0 Å². The summed E-state index contributed by atoms with van der Waals surface area (Å²) in [6.07, 6.45) is -1.55. The molecule has 0 unspecified atom stereocenters. The van der Waals surface area contributed by atoms with Gasteiger partial charge in [-0.15, -0.1) is 0 Å². The summed E-state index contributed by atoms with van der Waals surface area (Å²) < 4.78 is 40.4. The molecule has 0 spiro atoms. The molecule has 1 N–H and O–H groups in total. The Morgan fingerprint density at radius 3 is 2.74 bits per heavy atom. The largest absolute Gasteiger partial charge is 0.419 e. The minimum Gasteiger partial charge on any atom is -0.364 e. The van der Waals surface area contributed by atoms with Gasteiger partial charge < -0.3 is 5.32 Å². The van der Waals surface area contributed by atoms with Crippen LogP contribution in [0.2, 0.25) is 0 Å². The summed E-state index contributed by atoms with van der Waals surface area (Å²) >= 11 is 2.99. The lowest BCUT2D eigenvalue weighted by Gasteiger charge is -2.13. The van der Waals surface area contributed by atoms with Crippen LogP contribution in [-0.4, -0.2) is 14.8 Å². The summed E-state index contributed by atoms with van der Waals surface area (Å²) in [5.74, 6) is -0.197. The van der Waals surface area contributed by atoms with Crippen molar-refractivity contribution in [3.8, 4) is 0 Å². The van der Waals surface area contributed by atoms with E-state index >= 15 is 0 Å². The maximum absolute atomic E-state index is 12.9. The summed E-state index contributed by atoms with van der Waals surface area (Å²) in [5.41, 5.74) is -0.0399. The van der Waals surface area contributed by atoms with Gasteiger partial charge in [-0.2, -0.15) is 18.3 Å². The van der Waals surface area contributed by atoms with Crippen LogP contribution in [0, 0.1) is 0 Å². The first-order valence-corrected chi connectivity index (χ1v) is 6.10. The van der Waals surface area contributed by atoms with Crippen LogP contribution in [0.15, 0.2) is 29.0 Å². The second-order valence-electron chi connectivity index (χ2n) is 3.85. The lowest BCUT2D eigenvalue weighted by Crippen LogP contribution is -2.13. The molecule has 2 heterocycles. The minimum atomic E-state index is -4.45. The Balaban J connectivity index is 2.23. The zero-order valence-electron chi connectivity index (χ0n) is 9.87. The van der Waals surface area contributed by atoms with E-state index in [0.29, 0.717) is 0 Å². The van der Waals surface area contributed by atoms with Gasteiger partial charge >= 0.3 is 6.18 Å². The summed E-state index contributed by atoms with van der Waals surface area (Å²) in [4.78, 5) is 3.77. The van der Waals surface area contributed by atoms with Gasteiger partial charge in [-0.1, -0.05) is 0 Å². The second-order valence-corrected chi connectivity index (χ2v) is 4.76. The predicted octanol–water partition coefficient (Wildman–Crippen LogP) is 3.21. The van der Waals surface area contributed by atoms with E-state index in [1.165, 1.54) is 6.20 Å². The average molecular weight is 335 g/mol. The van der Waals surface area contributed by atoms with E-state index < -0.39 is 11.7 Å². The average Bonchev–Trinajstić information content (AvgIpc) is 2.72. The number of rotatable bonds is 3. The standard InChI is InChI=1S/C11H10BrF3N4/c1-19-8(2-3-18-19)6-17-10-9(11(13,14)15)4-7(12)5-16-10/h2-5H,6H2,1H3,(H,16,17). The molecule has 0 atom stereocenters. The Kier molecular flexibility index (Phi) is 3.79. The smallest absolute Gasteiger partial charge is 0.364 e. The van der Waals surface area contributed by atoms with Crippen LogP contribution in [-0.2, 0) is 19.8 Å². The van der Waals surface area contributed by atoms with Crippen molar-refractivity contribution >= 4 is 21.7 Å². The molecule has 4 nitrogen and oxygen atoms in total. The van der Waals surface area contributed by atoms with Crippen LogP contribution < -0.4 is 5.32 Å². The van der Waals surface area contributed by atoms with Crippen molar-refractivity contribution < 1.29 is 13.2 Å². The normalized spacial score (nSPS) is 11.6. The molecule has 19 heavy (non-hydrogen) atoms. The van der Waals surface area contributed by atoms with Crippen molar-refractivity contribution in [1.82, 2.24) is 14.8 Å². The summed E-state index contributed by atoms with van der Waals surface area (Å²) in [6.45, 7) is 0.216. The number of aromatic nitrogens is 3. The van der Waals surface area contributed by atoms with Crippen LogP contribution in [0.5, 0.6) is 0 Å². The van der Waals surface area contributed by atoms with E-state index in [1.54, 1.807) is 24.0 Å². The zero-order chi connectivity index (χ0) is 14.0. The van der Waals surface area contributed by atoms with Crippen LogP contribution >= 0.6 is 15.9 Å². The molecule has 0 saturated heterocycles. The van der Waals surface area contributed by atoms with E-state index in [2.05, 4.69) is 31.3 Å². The van der Waals surface area contributed by atoms with E-state index in [9.17, 15) is 13.2 Å². The topological polar surface area (TPSA) is 42.7 Å². The number of hydrogen-bond acceptors (Lipinski definition) is 3. The van der Waals surface area contributed by atoms with Gasteiger partial charge in [-0.25, -0.2) is 4.98 Å². The molecule has 0 amide bonds. The van der Waals surface area contributed by atoms with E-state index in [1.807, 2.05) is 0 Å². The summed E-state index contributed by atoms with van der Waals surface area (Å²) in [6, 6.07) is 2.72. The molecule has 0 fully saturated rings. The Hall–Kier alpha value is -1.57. The summed E-state index contributed by atoms with van der Waals surface area (Å²) in [7, 11) is 1.72. The highest BCUT2D eigenvalue weighted by molar-refractivity contribution is 9.10. The lowest BCUT2D eigenvalue weighted by atomic mass is 10.2. The number of nitrogens with zero attached hydrogens (tertiary/aromatic N) is 3. The highest BCUT2D eigenvalue weighted by Crippen LogP contribution is 2.35. The fraction of sp³-hybridized carbons (Fsp3) is 0.273. The van der Waals surface area contributed by atoms with Crippen molar-refractivity contribution in [3.63, 3.8) is 0 Å². The van der Waals surface area contributed by atoms with Gasteiger partial charge in [0, 0.05) is 23.9 Å². The number of halogens is 4. The third-order valence-corrected chi connectivity index (χ3v) is 2.95. The fourth-order valence-electron chi connectivity index (χ4n) is 1.55. The van der Waals surface area contributed by atoms with Crippen molar-refractivity contribution in [2.75, 3.05) is 5.32 Å². The third kappa shape index (κ3) is 3.25. The second kappa shape index (κ2) is 5.20. The Labute approximate surface area is 115 Å². The van der Waals surface area contributed by atoms with Gasteiger partial charge in [0.05, 0.1) is 17.8 Å². The molecule has 2 rings (SSSR count). The monoisotopic (exact) mass is 334 g/mol. The molecule has 0 aliphatic rings. The molecule has 2 aromatic heterocycles. The first-order chi connectivity index (χ1) is 8.88. The maximum Gasteiger partial charge on any atom is 0.419 e. The Bertz CT molecular complexity index is 580. The van der Waals surface area contributed by atoms with Crippen LogP contribution in [0.1, 0.15) is 11.3 Å². The van der Waals surface area contributed by atoms with Crippen molar-refractivity contribution in [2.24, 2.45) is 7.05 Å².